The lowest BCUT2D eigenvalue weighted by Crippen LogP contribution is -2.10. The van der Waals surface area contributed by atoms with Crippen LogP contribution in [0.4, 0.5) is 0 Å². The number of hydrogen-bond donors (Lipinski definition) is 0. The van der Waals surface area contributed by atoms with Gasteiger partial charge in [-0.05, 0) is 20.8 Å². The van der Waals surface area contributed by atoms with E-state index in [0.717, 1.165) is 0 Å². The Morgan fingerprint density at radius 1 is 1.12 bits per heavy atom. The van der Waals surface area contributed by atoms with Crippen LogP contribution in [0.5, 0.6) is 0 Å². The minimum Gasteiger partial charge on any atom is -0.460 e. The van der Waals surface area contributed by atoms with Gasteiger partial charge in [0.1, 0.15) is 6.61 Å². The first-order valence-corrected chi connectivity index (χ1v) is 6.22. The fourth-order valence-corrected chi connectivity index (χ4v) is 1.56. The molecule has 0 aliphatic carbocycles. The average molecular weight is 250 g/mol. The number of esters is 1. The van der Waals surface area contributed by atoms with E-state index in [1.165, 1.54) is 0 Å². The van der Waals surface area contributed by atoms with Gasteiger partial charge in [0.05, 0.1) is 19.8 Å². The summed E-state index contributed by atoms with van der Waals surface area (Å²) in [6, 6.07) is 0. The predicted octanol–water partition coefficient (Wildman–Crippen LogP) is 2.42. The fourth-order valence-electron chi connectivity index (χ4n) is 0.692. The molecular formula is C10H19O5P. The molecular weight excluding hydrogens is 231 g/mol. The topological polar surface area (TPSA) is 54.0 Å². The van der Waals surface area contributed by atoms with Crippen molar-refractivity contribution in [2.24, 2.45) is 0 Å². The van der Waals surface area contributed by atoms with E-state index in [1.54, 1.807) is 6.92 Å². The molecule has 94 valence electrons. The first kappa shape index (κ1) is 15.5. The van der Waals surface area contributed by atoms with E-state index >= 15 is 0 Å². The fraction of sp³-hybridized carbons (Fsp3) is 0.700. The lowest BCUT2D eigenvalue weighted by atomic mass is 10.4. The summed E-state index contributed by atoms with van der Waals surface area (Å²) in [6.07, 6.45) is 0. The molecule has 0 spiro atoms. The van der Waals surface area contributed by atoms with Gasteiger partial charge in [0, 0.05) is 5.57 Å². The lowest BCUT2D eigenvalue weighted by molar-refractivity contribution is -0.139. The molecule has 0 saturated heterocycles. The second-order valence-electron chi connectivity index (χ2n) is 2.81. The molecule has 0 fully saturated rings. The summed E-state index contributed by atoms with van der Waals surface area (Å²) in [6.45, 7) is 10.3. The van der Waals surface area contributed by atoms with E-state index in [9.17, 15) is 4.79 Å². The molecule has 0 aromatic carbocycles. The van der Waals surface area contributed by atoms with Crippen LogP contribution in [-0.2, 0) is 23.1 Å². The molecule has 0 aliphatic rings. The Balaban J connectivity index is 3.61. The summed E-state index contributed by atoms with van der Waals surface area (Å²) in [5.74, 6) is -0.416. The van der Waals surface area contributed by atoms with E-state index in [-0.39, 0.29) is 13.2 Å². The molecule has 0 unspecified atom stereocenters. The predicted molar refractivity (Wildman–Crippen MR) is 61.9 cm³/mol. The van der Waals surface area contributed by atoms with Crippen molar-refractivity contribution in [1.82, 2.24) is 0 Å². The Bertz CT molecular complexity index is 213. The first-order valence-electron chi connectivity index (χ1n) is 5.13. The highest BCUT2D eigenvalue weighted by Crippen LogP contribution is 2.38. The minimum atomic E-state index is -1.32. The summed E-state index contributed by atoms with van der Waals surface area (Å²) in [5.41, 5.74) is 0.372. The summed E-state index contributed by atoms with van der Waals surface area (Å²) < 4.78 is 20.5. The largest absolute Gasteiger partial charge is 0.460 e. The Morgan fingerprint density at radius 2 is 1.69 bits per heavy atom. The van der Waals surface area contributed by atoms with Crippen LogP contribution in [0.15, 0.2) is 12.2 Å². The zero-order valence-corrected chi connectivity index (χ0v) is 10.9. The summed E-state index contributed by atoms with van der Waals surface area (Å²) in [5, 5.41) is 0. The van der Waals surface area contributed by atoms with E-state index in [4.69, 9.17) is 18.3 Å². The van der Waals surface area contributed by atoms with E-state index in [2.05, 4.69) is 6.58 Å². The number of hydrogen-bond acceptors (Lipinski definition) is 5. The third-order valence-corrected chi connectivity index (χ3v) is 2.66. The second kappa shape index (κ2) is 9.73. The third kappa shape index (κ3) is 7.77. The number of carbonyl (C=O) groups is 1. The number of carbonyl (C=O) groups excluding carboxylic acids is 1. The summed E-state index contributed by atoms with van der Waals surface area (Å²) in [4.78, 5) is 11.0. The van der Waals surface area contributed by atoms with Crippen molar-refractivity contribution in [2.75, 3.05) is 26.4 Å². The van der Waals surface area contributed by atoms with Crippen LogP contribution in [0, 0.1) is 0 Å². The van der Waals surface area contributed by atoms with Gasteiger partial charge in [-0.25, -0.2) is 4.79 Å². The van der Waals surface area contributed by atoms with Gasteiger partial charge in [-0.15, -0.1) is 0 Å². The standard InChI is InChI=1S/C10H19O5P/c1-5-13-16(14-6-2)15-8-7-12-10(11)9(3)4/h3,5-8H2,1-2,4H3. The van der Waals surface area contributed by atoms with E-state index in [0.29, 0.717) is 18.8 Å². The maximum atomic E-state index is 11.0. The first-order chi connectivity index (χ1) is 7.61. The maximum Gasteiger partial charge on any atom is 0.333 e. The number of rotatable bonds is 9. The average Bonchev–Trinajstić information content (AvgIpc) is 2.24. The highest BCUT2D eigenvalue weighted by Gasteiger charge is 2.11. The van der Waals surface area contributed by atoms with Gasteiger partial charge < -0.3 is 18.3 Å². The van der Waals surface area contributed by atoms with Crippen LogP contribution in [0.2, 0.25) is 0 Å². The zero-order chi connectivity index (χ0) is 12.4. The summed E-state index contributed by atoms with van der Waals surface area (Å²) in [7, 11) is -1.32. The molecule has 0 aromatic heterocycles. The Hall–Kier alpha value is -0.480. The van der Waals surface area contributed by atoms with Crippen molar-refractivity contribution in [2.45, 2.75) is 20.8 Å². The SMILES string of the molecule is C=C(C)C(=O)OCCOP(OCC)OCC. The van der Waals surface area contributed by atoms with Crippen molar-refractivity contribution in [1.29, 1.82) is 0 Å². The Labute approximate surface area is 97.7 Å². The van der Waals surface area contributed by atoms with Gasteiger partial charge in [-0.2, -0.15) is 0 Å². The molecule has 0 aliphatic heterocycles. The maximum absolute atomic E-state index is 11.0. The molecule has 5 nitrogen and oxygen atoms in total. The van der Waals surface area contributed by atoms with Crippen molar-refractivity contribution in [3.8, 4) is 0 Å². The third-order valence-electron chi connectivity index (χ3n) is 1.33. The molecule has 0 radical (unpaired) electrons. The smallest absolute Gasteiger partial charge is 0.333 e. The van der Waals surface area contributed by atoms with Crippen LogP contribution >= 0.6 is 8.60 Å². The molecule has 16 heavy (non-hydrogen) atoms. The van der Waals surface area contributed by atoms with Crippen LogP contribution in [0.1, 0.15) is 20.8 Å². The zero-order valence-electron chi connectivity index (χ0n) is 10.0. The van der Waals surface area contributed by atoms with Crippen LogP contribution in [0.25, 0.3) is 0 Å². The van der Waals surface area contributed by atoms with Crippen LogP contribution in [-0.4, -0.2) is 32.4 Å². The highest BCUT2D eigenvalue weighted by molar-refractivity contribution is 7.41. The minimum absolute atomic E-state index is 0.171. The van der Waals surface area contributed by atoms with Crippen molar-refractivity contribution < 1.29 is 23.1 Å². The molecule has 0 atom stereocenters. The van der Waals surface area contributed by atoms with Gasteiger partial charge in [0.15, 0.2) is 0 Å². The molecule has 6 heteroatoms. The monoisotopic (exact) mass is 250 g/mol. The van der Waals surface area contributed by atoms with Gasteiger partial charge in [0.2, 0.25) is 0 Å². The second-order valence-corrected chi connectivity index (χ2v) is 4.03. The number of ether oxygens (including phenoxy) is 1. The Kier molecular flexibility index (Phi) is 9.43. The van der Waals surface area contributed by atoms with E-state index in [1.807, 2.05) is 13.8 Å². The van der Waals surface area contributed by atoms with Crippen molar-refractivity contribution in [3.63, 3.8) is 0 Å². The van der Waals surface area contributed by atoms with Crippen LogP contribution in [0.3, 0.4) is 0 Å². The van der Waals surface area contributed by atoms with Crippen molar-refractivity contribution >= 4 is 14.6 Å². The normalized spacial score (nSPS) is 10.5. The molecule has 0 aromatic rings. The van der Waals surface area contributed by atoms with Gasteiger partial charge in [-0.1, -0.05) is 6.58 Å². The van der Waals surface area contributed by atoms with Gasteiger partial charge in [0.25, 0.3) is 0 Å². The molecule has 0 N–H and O–H groups in total. The lowest BCUT2D eigenvalue weighted by Gasteiger charge is -2.14. The van der Waals surface area contributed by atoms with Crippen LogP contribution < -0.4 is 0 Å². The molecule has 0 bridgehead atoms. The molecule has 0 amide bonds. The van der Waals surface area contributed by atoms with Gasteiger partial charge >= 0.3 is 14.6 Å². The van der Waals surface area contributed by atoms with E-state index < -0.39 is 14.6 Å². The molecule has 0 rings (SSSR count). The molecule has 0 saturated carbocycles. The van der Waals surface area contributed by atoms with Gasteiger partial charge in [-0.3, -0.25) is 0 Å². The molecule has 0 heterocycles. The Morgan fingerprint density at radius 3 is 2.12 bits per heavy atom. The quantitative estimate of drug-likeness (QED) is 0.272. The highest BCUT2D eigenvalue weighted by atomic mass is 31.2. The summed E-state index contributed by atoms with van der Waals surface area (Å²) >= 11 is 0. The van der Waals surface area contributed by atoms with Crippen molar-refractivity contribution in [3.05, 3.63) is 12.2 Å².